The minimum atomic E-state index is -0.994. The van der Waals surface area contributed by atoms with Gasteiger partial charge >= 0.3 is 0 Å². The third-order valence-electron chi connectivity index (χ3n) is 3.99. The molecule has 2 rings (SSSR count). The van der Waals surface area contributed by atoms with E-state index in [0.717, 1.165) is 5.56 Å². The summed E-state index contributed by atoms with van der Waals surface area (Å²) >= 11 is 5.92. The van der Waals surface area contributed by atoms with Gasteiger partial charge in [-0.25, -0.2) is 4.99 Å². The summed E-state index contributed by atoms with van der Waals surface area (Å²) in [5.41, 5.74) is 5.01. The van der Waals surface area contributed by atoms with E-state index in [-0.39, 0.29) is 12.5 Å². The number of benzene rings is 1. The largest absolute Gasteiger partial charge is 0.390 e. The van der Waals surface area contributed by atoms with Crippen molar-refractivity contribution in [3.63, 3.8) is 0 Å². The molecule has 0 bridgehead atoms. The maximum atomic E-state index is 11.1. The second-order valence-corrected chi connectivity index (χ2v) is 5.75. The van der Waals surface area contributed by atoms with Crippen LogP contribution in [-0.4, -0.2) is 24.3 Å². The summed E-state index contributed by atoms with van der Waals surface area (Å²) in [5, 5.41) is 11.8. The smallest absolute Gasteiger partial charge is 0.112 e. The van der Waals surface area contributed by atoms with E-state index >= 15 is 0 Å². The van der Waals surface area contributed by atoms with Gasteiger partial charge in [0.25, 0.3) is 0 Å². The molecule has 1 aromatic rings. The summed E-state index contributed by atoms with van der Waals surface area (Å²) in [6, 6.07) is 7.32. The molecule has 20 heavy (non-hydrogen) atoms. The first-order valence-electron chi connectivity index (χ1n) is 6.78. The highest BCUT2D eigenvalue weighted by Crippen LogP contribution is 2.46. The van der Waals surface area contributed by atoms with Crippen LogP contribution in [0.2, 0.25) is 5.02 Å². The van der Waals surface area contributed by atoms with Gasteiger partial charge in [0.2, 0.25) is 0 Å². The fraction of sp³-hybridized carbons (Fsp3) is 0.467. The zero-order chi connectivity index (χ0) is 14.6. The molecule has 5 heteroatoms. The van der Waals surface area contributed by atoms with E-state index in [2.05, 4.69) is 16.9 Å². The van der Waals surface area contributed by atoms with E-state index < -0.39 is 5.60 Å². The topological polar surface area (TPSA) is 71.0 Å². The van der Waals surface area contributed by atoms with Gasteiger partial charge in [-0.2, -0.15) is 0 Å². The maximum Gasteiger partial charge on any atom is 0.112 e. The van der Waals surface area contributed by atoms with Crippen molar-refractivity contribution < 1.29 is 5.11 Å². The van der Waals surface area contributed by atoms with Crippen LogP contribution in [0.15, 0.2) is 34.3 Å². The van der Waals surface area contributed by atoms with Crippen LogP contribution in [0.5, 0.6) is 0 Å². The van der Waals surface area contributed by atoms with Gasteiger partial charge in [-0.15, -0.1) is 0 Å². The number of aliphatic imine (C=N–C) groups is 2. The SMILES string of the molecule is CC(C1CC1)C(O)(CN=CN=CN)c1ccc(Cl)cc1. The van der Waals surface area contributed by atoms with Crippen molar-refractivity contribution in [1.82, 2.24) is 0 Å². The van der Waals surface area contributed by atoms with E-state index in [1.54, 1.807) is 12.1 Å². The molecule has 3 N–H and O–H groups in total. The van der Waals surface area contributed by atoms with Crippen molar-refractivity contribution in [1.29, 1.82) is 0 Å². The van der Waals surface area contributed by atoms with Crippen LogP contribution in [0.4, 0.5) is 0 Å². The number of nitrogens with zero attached hydrogens (tertiary/aromatic N) is 2. The highest BCUT2D eigenvalue weighted by molar-refractivity contribution is 6.30. The molecule has 4 nitrogen and oxygen atoms in total. The average molecular weight is 294 g/mol. The molecule has 1 aromatic carbocycles. The zero-order valence-corrected chi connectivity index (χ0v) is 12.3. The Labute approximate surface area is 124 Å². The number of halogens is 1. The van der Waals surface area contributed by atoms with Crippen molar-refractivity contribution in [3.05, 3.63) is 34.9 Å². The van der Waals surface area contributed by atoms with Crippen LogP contribution in [-0.2, 0) is 5.60 Å². The van der Waals surface area contributed by atoms with Crippen molar-refractivity contribution in [2.75, 3.05) is 6.54 Å². The van der Waals surface area contributed by atoms with Gasteiger partial charge in [0.1, 0.15) is 11.9 Å². The maximum absolute atomic E-state index is 11.1. The summed E-state index contributed by atoms with van der Waals surface area (Å²) in [6.07, 6.45) is 4.89. The van der Waals surface area contributed by atoms with E-state index in [1.165, 1.54) is 25.5 Å². The van der Waals surface area contributed by atoms with Crippen LogP contribution in [0, 0.1) is 11.8 Å². The van der Waals surface area contributed by atoms with Gasteiger partial charge in [-0.3, -0.25) is 4.99 Å². The van der Waals surface area contributed by atoms with Gasteiger partial charge in [-0.05, 0) is 42.4 Å². The number of hydrogen-bond acceptors (Lipinski definition) is 2. The van der Waals surface area contributed by atoms with E-state index in [9.17, 15) is 5.11 Å². The van der Waals surface area contributed by atoms with Gasteiger partial charge in [0.05, 0.1) is 12.9 Å². The van der Waals surface area contributed by atoms with Gasteiger partial charge in [-0.1, -0.05) is 30.7 Å². The molecule has 0 saturated heterocycles. The summed E-state index contributed by atoms with van der Waals surface area (Å²) in [4.78, 5) is 7.91. The van der Waals surface area contributed by atoms with Crippen molar-refractivity contribution in [2.24, 2.45) is 27.6 Å². The molecule has 1 aliphatic rings. The van der Waals surface area contributed by atoms with Gasteiger partial charge in [0.15, 0.2) is 0 Å². The molecule has 0 spiro atoms. The first-order chi connectivity index (χ1) is 9.58. The summed E-state index contributed by atoms with van der Waals surface area (Å²) in [7, 11) is 0. The molecule has 1 saturated carbocycles. The van der Waals surface area contributed by atoms with Crippen LogP contribution >= 0.6 is 11.6 Å². The predicted octanol–water partition coefficient (Wildman–Crippen LogP) is 2.59. The quantitative estimate of drug-likeness (QED) is 0.625. The van der Waals surface area contributed by atoms with Crippen molar-refractivity contribution in [2.45, 2.75) is 25.4 Å². The van der Waals surface area contributed by atoms with E-state index in [0.29, 0.717) is 10.9 Å². The standard InChI is InChI=1S/C15H20ClN3O/c1-11(12-2-3-12)15(20,8-18-10-19-9-17)13-4-6-14(16)7-5-13/h4-7,9-12,20H,2-3,8H2,1H3,(H2,17,18,19). The molecular formula is C15H20ClN3O. The molecule has 1 aliphatic carbocycles. The number of nitrogens with two attached hydrogens (primary N) is 1. The molecule has 2 unspecified atom stereocenters. The van der Waals surface area contributed by atoms with Crippen LogP contribution in [0.1, 0.15) is 25.3 Å². The Kier molecular flexibility index (Phi) is 4.78. The highest BCUT2D eigenvalue weighted by Gasteiger charge is 2.43. The second kappa shape index (κ2) is 6.37. The summed E-state index contributed by atoms with van der Waals surface area (Å²) in [5.74, 6) is 0.701. The van der Waals surface area contributed by atoms with Crippen LogP contribution < -0.4 is 5.73 Å². The fourth-order valence-corrected chi connectivity index (χ4v) is 2.61. The Morgan fingerprint density at radius 2 is 2.10 bits per heavy atom. The average Bonchev–Trinajstić information content (AvgIpc) is 3.28. The van der Waals surface area contributed by atoms with Crippen molar-refractivity contribution >= 4 is 24.3 Å². The molecule has 0 radical (unpaired) electrons. The summed E-state index contributed by atoms with van der Waals surface area (Å²) < 4.78 is 0. The number of aliphatic hydroxyl groups is 1. The third kappa shape index (κ3) is 3.38. The van der Waals surface area contributed by atoms with E-state index in [1.807, 2.05) is 12.1 Å². The van der Waals surface area contributed by atoms with Gasteiger partial charge < -0.3 is 10.8 Å². The molecule has 108 valence electrons. The lowest BCUT2D eigenvalue weighted by Gasteiger charge is -2.33. The number of hydrogen-bond donors (Lipinski definition) is 2. The monoisotopic (exact) mass is 293 g/mol. The molecule has 0 aliphatic heterocycles. The van der Waals surface area contributed by atoms with Crippen molar-refractivity contribution in [3.8, 4) is 0 Å². The molecule has 2 atom stereocenters. The van der Waals surface area contributed by atoms with Crippen LogP contribution in [0.25, 0.3) is 0 Å². The first kappa shape index (κ1) is 15.0. The highest BCUT2D eigenvalue weighted by atomic mass is 35.5. The van der Waals surface area contributed by atoms with E-state index in [4.69, 9.17) is 17.3 Å². The molecule has 0 aromatic heterocycles. The van der Waals surface area contributed by atoms with Crippen LogP contribution in [0.3, 0.4) is 0 Å². The molecule has 0 amide bonds. The lowest BCUT2D eigenvalue weighted by Crippen LogP contribution is -2.38. The number of rotatable bonds is 6. The lowest BCUT2D eigenvalue weighted by atomic mass is 9.79. The lowest BCUT2D eigenvalue weighted by molar-refractivity contribution is -0.0167. The minimum absolute atomic E-state index is 0.141. The Morgan fingerprint density at radius 3 is 2.65 bits per heavy atom. The first-order valence-corrected chi connectivity index (χ1v) is 7.16. The molecule has 0 heterocycles. The Balaban J connectivity index is 2.24. The Hall–Kier alpha value is -1.39. The zero-order valence-electron chi connectivity index (χ0n) is 11.5. The minimum Gasteiger partial charge on any atom is -0.390 e. The second-order valence-electron chi connectivity index (χ2n) is 5.31. The third-order valence-corrected chi connectivity index (χ3v) is 4.25. The van der Waals surface area contributed by atoms with Gasteiger partial charge in [0, 0.05) is 5.02 Å². The predicted molar refractivity (Wildman–Crippen MR) is 83.3 cm³/mol. The summed E-state index contributed by atoms with van der Waals surface area (Å²) in [6.45, 7) is 2.34. The normalized spacial score (nSPS) is 20.4. The molecular weight excluding hydrogens is 274 g/mol. The molecule has 1 fully saturated rings. The Morgan fingerprint density at radius 1 is 1.45 bits per heavy atom. The Bertz CT molecular complexity index is 496. The fourth-order valence-electron chi connectivity index (χ4n) is 2.49.